The van der Waals surface area contributed by atoms with Crippen LogP contribution in [0, 0.1) is 0 Å². The first kappa shape index (κ1) is 8.56. The molecule has 0 bridgehead atoms. The molecule has 0 aliphatic heterocycles. The minimum absolute atomic E-state index is 0.0562. The van der Waals surface area contributed by atoms with E-state index in [1.54, 1.807) is 0 Å². The second-order valence-corrected chi connectivity index (χ2v) is 3.35. The molecular formula is C9H14N2O2. The average molecular weight is 182 g/mol. The summed E-state index contributed by atoms with van der Waals surface area (Å²) >= 11 is 0. The highest BCUT2D eigenvalue weighted by Crippen LogP contribution is 2.35. The highest BCUT2D eigenvalue weighted by molar-refractivity contribution is 5.32. The molecule has 0 saturated carbocycles. The molecule has 1 aromatic rings. The van der Waals surface area contributed by atoms with Crippen LogP contribution in [0.4, 0.5) is 0 Å². The number of rotatable bonds is 2. The highest BCUT2D eigenvalue weighted by Gasteiger charge is 2.27. The van der Waals surface area contributed by atoms with Crippen molar-refractivity contribution >= 4 is 0 Å². The van der Waals surface area contributed by atoms with Gasteiger partial charge in [-0.2, -0.15) is 0 Å². The minimum Gasteiger partial charge on any atom is -0.491 e. The van der Waals surface area contributed by atoms with Gasteiger partial charge in [0.25, 0.3) is 5.88 Å². The van der Waals surface area contributed by atoms with Crippen molar-refractivity contribution in [2.24, 2.45) is 0 Å². The monoisotopic (exact) mass is 182 g/mol. The maximum Gasteiger partial charge on any atom is 0.256 e. The number of hydrogen-bond acceptors (Lipinski definition) is 4. The van der Waals surface area contributed by atoms with Gasteiger partial charge in [-0.15, -0.1) is 0 Å². The second kappa shape index (κ2) is 3.38. The van der Waals surface area contributed by atoms with Gasteiger partial charge in [0, 0.05) is 12.5 Å². The summed E-state index contributed by atoms with van der Waals surface area (Å²) in [6.07, 6.45) is 3.04. The Hall–Kier alpha value is -1.03. The van der Waals surface area contributed by atoms with Crippen molar-refractivity contribution in [1.82, 2.24) is 10.5 Å². The zero-order valence-corrected chi connectivity index (χ0v) is 7.71. The van der Waals surface area contributed by atoms with Crippen LogP contribution in [-0.2, 0) is 6.42 Å². The molecule has 0 radical (unpaired) electrons. The van der Waals surface area contributed by atoms with Crippen LogP contribution < -0.4 is 5.32 Å². The van der Waals surface area contributed by atoms with Gasteiger partial charge in [-0.1, -0.05) is 6.92 Å². The van der Waals surface area contributed by atoms with Gasteiger partial charge in [-0.3, -0.25) is 0 Å². The van der Waals surface area contributed by atoms with E-state index in [0.717, 1.165) is 37.1 Å². The molecule has 2 N–H and O–H groups in total. The van der Waals surface area contributed by atoms with Crippen molar-refractivity contribution in [3.05, 3.63) is 11.3 Å². The zero-order chi connectivity index (χ0) is 9.26. The molecule has 1 unspecified atom stereocenters. The largest absolute Gasteiger partial charge is 0.491 e. The lowest BCUT2D eigenvalue weighted by Gasteiger charge is -2.20. The molecule has 13 heavy (non-hydrogen) atoms. The third kappa shape index (κ3) is 1.42. The average Bonchev–Trinajstić information content (AvgIpc) is 2.50. The number of hydrogen-bond donors (Lipinski definition) is 2. The lowest BCUT2D eigenvalue weighted by Crippen LogP contribution is -2.24. The van der Waals surface area contributed by atoms with Crippen molar-refractivity contribution < 1.29 is 9.63 Å². The maximum atomic E-state index is 9.45. The van der Waals surface area contributed by atoms with Gasteiger partial charge < -0.3 is 14.9 Å². The van der Waals surface area contributed by atoms with Crippen molar-refractivity contribution in [2.75, 3.05) is 6.54 Å². The Labute approximate surface area is 76.9 Å². The third-order valence-corrected chi connectivity index (χ3v) is 2.48. The van der Waals surface area contributed by atoms with Crippen molar-refractivity contribution in [1.29, 1.82) is 0 Å². The highest BCUT2D eigenvalue weighted by atomic mass is 16.5. The fourth-order valence-electron chi connectivity index (χ4n) is 1.91. The van der Waals surface area contributed by atoms with E-state index in [2.05, 4.69) is 17.4 Å². The van der Waals surface area contributed by atoms with E-state index in [0.29, 0.717) is 0 Å². The first-order chi connectivity index (χ1) is 6.33. The molecule has 0 amide bonds. The summed E-state index contributed by atoms with van der Waals surface area (Å²) in [7, 11) is 0. The fraction of sp³-hybridized carbons (Fsp3) is 0.667. The van der Waals surface area contributed by atoms with E-state index >= 15 is 0 Å². The van der Waals surface area contributed by atoms with Gasteiger partial charge >= 0.3 is 0 Å². The van der Waals surface area contributed by atoms with Crippen molar-refractivity contribution in [3.63, 3.8) is 0 Å². The second-order valence-electron chi connectivity index (χ2n) is 3.35. The Balaban J connectivity index is 2.29. The normalized spacial score (nSPS) is 21.5. The summed E-state index contributed by atoms with van der Waals surface area (Å²) in [6, 6.07) is 0.222. The first-order valence-corrected chi connectivity index (χ1v) is 4.73. The van der Waals surface area contributed by atoms with Gasteiger partial charge in [0.05, 0.1) is 5.56 Å². The number of fused-ring (bicyclic) bond motifs is 1. The topological polar surface area (TPSA) is 58.3 Å². The molecule has 1 aliphatic carbocycles. The number of nitrogens with zero attached hydrogens (tertiary/aromatic N) is 1. The number of aromatic nitrogens is 1. The Morgan fingerprint density at radius 2 is 2.54 bits per heavy atom. The van der Waals surface area contributed by atoms with Crippen LogP contribution in [0.1, 0.15) is 37.1 Å². The van der Waals surface area contributed by atoms with E-state index < -0.39 is 0 Å². The van der Waals surface area contributed by atoms with Crippen LogP contribution in [-0.4, -0.2) is 16.8 Å². The van der Waals surface area contributed by atoms with Gasteiger partial charge in [0.15, 0.2) is 0 Å². The summed E-state index contributed by atoms with van der Waals surface area (Å²) in [5, 5.41) is 16.3. The summed E-state index contributed by atoms with van der Waals surface area (Å²) in [5.74, 6) is 0.898. The molecule has 1 aromatic heterocycles. The van der Waals surface area contributed by atoms with E-state index in [1.807, 2.05) is 0 Å². The van der Waals surface area contributed by atoms with Crippen LogP contribution in [0.3, 0.4) is 0 Å². The van der Waals surface area contributed by atoms with Gasteiger partial charge in [-0.25, -0.2) is 0 Å². The van der Waals surface area contributed by atoms with Crippen LogP contribution in [0.15, 0.2) is 4.52 Å². The molecule has 0 fully saturated rings. The lowest BCUT2D eigenvalue weighted by molar-refractivity contribution is 0.337. The van der Waals surface area contributed by atoms with E-state index in [1.165, 1.54) is 0 Å². The van der Waals surface area contributed by atoms with Crippen LogP contribution in [0.25, 0.3) is 0 Å². The molecule has 2 rings (SSSR count). The third-order valence-electron chi connectivity index (χ3n) is 2.48. The summed E-state index contributed by atoms with van der Waals surface area (Å²) in [5.41, 5.74) is 0.869. The van der Waals surface area contributed by atoms with E-state index in [-0.39, 0.29) is 11.9 Å². The number of aromatic hydroxyl groups is 1. The predicted molar refractivity (Wildman–Crippen MR) is 47.5 cm³/mol. The maximum absolute atomic E-state index is 9.45. The molecule has 4 heteroatoms. The zero-order valence-electron chi connectivity index (χ0n) is 7.71. The quantitative estimate of drug-likeness (QED) is 0.725. The van der Waals surface area contributed by atoms with Crippen LogP contribution in [0.2, 0.25) is 0 Å². The molecule has 1 aliphatic rings. The minimum atomic E-state index is 0.0562. The SMILES string of the molecule is CCNC1CCCc2onc(O)c21. The lowest BCUT2D eigenvalue weighted by atomic mass is 9.93. The molecule has 0 saturated heterocycles. The predicted octanol–water partition coefficient (Wildman–Crippen LogP) is 1.37. The summed E-state index contributed by atoms with van der Waals surface area (Å²) in [4.78, 5) is 0. The van der Waals surface area contributed by atoms with Crippen LogP contribution >= 0.6 is 0 Å². The van der Waals surface area contributed by atoms with Crippen LogP contribution in [0.5, 0.6) is 5.88 Å². The van der Waals surface area contributed by atoms with E-state index in [4.69, 9.17) is 4.52 Å². The fourth-order valence-corrected chi connectivity index (χ4v) is 1.91. The Morgan fingerprint density at radius 3 is 3.31 bits per heavy atom. The molecule has 1 atom stereocenters. The van der Waals surface area contributed by atoms with E-state index in [9.17, 15) is 5.11 Å². The number of nitrogens with one attached hydrogen (secondary N) is 1. The summed E-state index contributed by atoms with van der Waals surface area (Å²) < 4.78 is 5.02. The number of aryl methyl sites for hydroxylation is 1. The molecule has 1 heterocycles. The smallest absolute Gasteiger partial charge is 0.256 e. The van der Waals surface area contributed by atoms with Gasteiger partial charge in [-0.05, 0) is 24.5 Å². The van der Waals surface area contributed by atoms with Crippen molar-refractivity contribution in [3.8, 4) is 5.88 Å². The molecule has 72 valence electrons. The Bertz CT molecular complexity index is 296. The van der Waals surface area contributed by atoms with Gasteiger partial charge in [0.2, 0.25) is 0 Å². The molecule has 4 nitrogen and oxygen atoms in total. The Kier molecular flexibility index (Phi) is 2.22. The van der Waals surface area contributed by atoms with Gasteiger partial charge in [0.1, 0.15) is 5.76 Å². The standard InChI is InChI=1S/C9H14N2O2/c1-2-10-6-4-3-5-7-8(6)9(12)11-13-7/h6,10H,2-5H2,1H3,(H,11,12). The van der Waals surface area contributed by atoms with Crippen molar-refractivity contribution in [2.45, 2.75) is 32.2 Å². The molecule has 0 spiro atoms. The first-order valence-electron chi connectivity index (χ1n) is 4.73. The summed E-state index contributed by atoms with van der Waals surface area (Å²) in [6.45, 7) is 2.95. The molecule has 0 aromatic carbocycles. The molecular weight excluding hydrogens is 168 g/mol. The Morgan fingerprint density at radius 1 is 1.69 bits per heavy atom.